The number of aryl methyl sites for hydroxylation is 1. The zero-order valence-corrected chi connectivity index (χ0v) is 10.2. The highest BCUT2D eigenvalue weighted by molar-refractivity contribution is 5.89. The van der Waals surface area contributed by atoms with Crippen molar-refractivity contribution in [3.05, 3.63) is 23.8 Å². The smallest absolute Gasteiger partial charge is 0.319 e. The summed E-state index contributed by atoms with van der Waals surface area (Å²) in [4.78, 5) is 11.5. The zero-order chi connectivity index (χ0) is 12.3. The Morgan fingerprint density at radius 3 is 3.00 bits per heavy atom. The predicted molar refractivity (Wildman–Crippen MR) is 67.5 cm³/mol. The average molecular weight is 234 g/mol. The van der Waals surface area contributed by atoms with Gasteiger partial charge >= 0.3 is 6.03 Å². The number of hydrogen-bond donors (Lipinski definition) is 2. The van der Waals surface area contributed by atoms with E-state index in [0.717, 1.165) is 30.9 Å². The van der Waals surface area contributed by atoms with E-state index in [2.05, 4.69) is 10.6 Å². The van der Waals surface area contributed by atoms with Crippen LogP contribution in [0.2, 0.25) is 0 Å². The van der Waals surface area contributed by atoms with Gasteiger partial charge in [0.2, 0.25) is 0 Å². The van der Waals surface area contributed by atoms with Gasteiger partial charge in [-0.3, -0.25) is 0 Å². The third-order valence-electron chi connectivity index (χ3n) is 2.59. The fourth-order valence-corrected chi connectivity index (χ4v) is 1.87. The maximum absolute atomic E-state index is 11.5. The van der Waals surface area contributed by atoms with E-state index < -0.39 is 0 Å². The van der Waals surface area contributed by atoms with E-state index in [4.69, 9.17) is 4.74 Å². The molecule has 0 fully saturated rings. The Morgan fingerprint density at radius 2 is 2.24 bits per heavy atom. The van der Waals surface area contributed by atoms with Crippen LogP contribution in [0, 0.1) is 0 Å². The SMILES string of the molecule is CC(C)NC(=O)Nc1ccc2c(c1)CCCO2. The Labute approximate surface area is 101 Å². The standard InChI is InChI=1S/C13H18N2O2/c1-9(2)14-13(16)15-11-5-6-12-10(8-11)4-3-7-17-12/h5-6,8-9H,3-4,7H2,1-2H3,(H2,14,15,16). The van der Waals surface area contributed by atoms with E-state index in [0.29, 0.717) is 0 Å². The summed E-state index contributed by atoms with van der Waals surface area (Å²) in [5.74, 6) is 0.936. The van der Waals surface area contributed by atoms with Crippen LogP contribution < -0.4 is 15.4 Å². The summed E-state index contributed by atoms with van der Waals surface area (Å²) >= 11 is 0. The molecule has 1 aliphatic heterocycles. The lowest BCUT2D eigenvalue weighted by atomic mass is 10.1. The number of carbonyl (C=O) groups excluding carboxylic acids is 1. The molecule has 4 nitrogen and oxygen atoms in total. The first-order chi connectivity index (χ1) is 8.15. The van der Waals surface area contributed by atoms with E-state index in [1.54, 1.807) is 0 Å². The van der Waals surface area contributed by atoms with Crippen molar-refractivity contribution in [2.45, 2.75) is 32.7 Å². The van der Waals surface area contributed by atoms with Gasteiger partial charge < -0.3 is 15.4 Å². The quantitative estimate of drug-likeness (QED) is 0.826. The van der Waals surface area contributed by atoms with Crippen LogP contribution >= 0.6 is 0 Å². The van der Waals surface area contributed by atoms with Crippen molar-refractivity contribution < 1.29 is 9.53 Å². The number of rotatable bonds is 2. The lowest BCUT2D eigenvalue weighted by Gasteiger charge is -2.18. The van der Waals surface area contributed by atoms with Gasteiger partial charge in [0.15, 0.2) is 0 Å². The Hall–Kier alpha value is -1.71. The van der Waals surface area contributed by atoms with Gasteiger partial charge in [0.25, 0.3) is 0 Å². The molecule has 1 aliphatic rings. The molecule has 2 amide bonds. The number of urea groups is 1. The van der Waals surface area contributed by atoms with Crippen LogP contribution in [0.3, 0.4) is 0 Å². The van der Waals surface area contributed by atoms with Gasteiger partial charge in [-0.1, -0.05) is 0 Å². The number of nitrogens with one attached hydrogen (secondary N) is 2. The lowest BCUT2D eigenvalue weighted by molar-refractivity contribution is 0.250. The Balaban J connectivity index is 2.04. The molecule has 4 heteroatoms. The van der Waals surface area contributed by atoms with Gasteiger partial charge in [0, 0.05) is 11.7 Å². The molecule has 0 radical (unpaired) electrons. The van der Waals surface area contributed by atoms with Crippen LogP contribution in [0.25, 0.3) is 0 Å². The molecule has 0 aromatic heterocycles. The van der Waals surface area contributed by atoms with Crippen LogP contribution in [-0.2, 0) is 6.42 Å². The summed E-state index contributed by atoms with van der Waals surface area (Å²) in [6.07, 6.45) is 2.05. The van der Waals surface area contributed by atoms with Crippen molar-refractivity contribution >= 4 is 11.7 Å². The van der Waals surface area contributed by atoms with Crippen LogP contribution in [0.1, 0.15) is 25.8 Å². The van der Waals surface area contributed by atoms with Crippen molar-refractivity contribution in [1.82, 2.24) is 5.32 Å². The molecular weight excluding hydrogens is 216 g/mol. The van der Waals surface area contributed by atoms with E-state index in [1.807, 2.05) is 32.0 Å². The third-order valence-corrected chi connectivity index (χ3v) is 2.59. The minimum absolute atomic E-state index is 0.135. The summed E-state index contributed by atoms with van der Waals surface area (Å²) in [6, 6.07) is 5.73. The fraction of sp³-hybridized carbons (Fsp3) is 0.462. The maximum atomic E-state index is 11.5. The van der Waals surface area contributed by atoms with Crippen molar-refractivity contribution in [3.63, 3.8) is 0 Å². The third kappa shape index (κ3) is 3.12. The minimum atomic E-state index is -0.170. The van der Waals surface area contributed by atoms with Crippen LogP contribution in [0.4, 0.5) is 10.5 Å². The molecule has 0 saturated heterocycles. The second-order valence-corrected chi connectivity index (χ2v) is 4.53. The van der Waals surface area contributed by atoms with Crippen LogP contribution in [0.15, 0.2) is 18.2 Å². The first-order valence-corrected chi connectivity index (χ1v) is 5.98. The van der Waals surface area contributed by atoms with Gasteiger partial charge in [-0.15, -0.1) is 0 Å². The van der Waals surface area contributed by atoms with Crippen LogP contribution in [0.5, 0.6) is 5.75 Å². The van der Waals surface area contributed by atoms with Crippen molar-refractivity contribution in [2.24, 2.45) is 0 Å². The van der Waals surface area contributed by atoms with Gasteiger partial charge in [0.1, 0.15) is 5.75 Å². The van der Waals surface area contributed by atoms with Crippen molar-refractivity contribution in [3.8, 4) is 5.75 Å². The Kier molecular flexibility index (Phi) is 3.52. The summed E-state index contributed by atoms with van der Waals surface area (Å²) in [5, 5.41) is 5.61. The normalized spacial score (nSPS) is 13.8. The van der Waals surface area contributed by atoms with E-state index in [1.165, 1.54) is 5.56 Å². The first kappa shape index (κ1) is 11.8. The summed E-state index contributed by atoms with van der Waals surface area (Å²) < 4.78 is 5.52. The molecule has 1 aromatic rings. The summed E-state index contributed by atoms with van der Waals surface area (Å²) in [7, 11) is 0. The van der Waals surface area contributed by atoms with Gasteiger partial charge in [-0.2, -0.15) is 0 Å². The minimum Gasteiger partial charge on any atom is -0.493 e. The molecule has 0 spiro atoms. The number of benzene rings is 1. The fourth-order valence-electron chi connectivity index (χ4n) is 1.87. The number of fused-ring (bicyclic) bond motifs is 1. The monoisotopic (exact) mass is 234 g/mol. The molecule has 0 bridgehead atoms. The van der Waals surface area contributed by atoms with Gasteiger partial charge in [-0.05, 0) is 50.5 Å². The summed E-state index contributed by atoms with van der Waals surface area (Å²) in [5.41, 5.74) is 1.98. The average Bonchev–Trinajstić information content (AvgIpc) is 2.27. The molecule has 2 N–H and O–H groups in total. The highest BCUT2D eigenvalue weighted by Gasteiger charge is 2.11. The first-order valence-electron chi connectivity index (χ1n) is 5.98. The van der Waals surface area contributed by atoms with E-state index >= 15 is 0 Å². The van der Waals surface area contributed by atoms with E-state index in [9.17, 15) is 4.79 Å². The molecule has 0 unspecified atom stereocenters. The van der Waals surface area contributed by atoms with Crippen LogP contribution in [-0.4, -0.2) is 18.7 Å². The molecule has 0 atom stereocenters. The largest absolute Gasteiger partial charge is 0.493 e. The molecule has 1 heterocycles. The number of ether oxygens (including phenoxy) is 1. The Bertz CT molecular complexity index is 416. The van der Waals surface area contributed by atoms with Gasteiger partial charge in [-0.25, -0.2) is 4.79 Å². The highest BCUT2D eigenvalue weighted by Crippen LogP contribution is 2.27. The molecular formula is C13H18N2O2. The summed E-state index contributed by atoms with van der Waals surface area (Å²) in [6.45, 7) is 4.65. The number of carbonyl (C=O) groups is 1. The second kappa shape index (κ2) is 5.08. The molecule has 2 rings (SSSR count). The molecule has 17 heavy (non-hydrogen) atoms. The Morgan fingerprint density at radius 1 is 1.41 bits per heavy atom. The lowest BCUT2D eigenvalue weighted by Crippen LogP contribution is -2.34. The molecule has 0 aliphatic carbocycles. The maximum Gasteiger partial charge on any atom is 0.319 e. The zero-order valence-electron chi connectivity index (χ0n) is 10.2. The highest BCUT2D eigenvalue weighted by atomic mass is 16.5. The van der Waals surface area contributed by atoms with E-state index in [-0.39, 0.29) is 12.1 Å². The predicted octanol–water partition coefficient (Wildman–Crippen LogP) is 2.54. The molecule has 1 aromatic carbocycles. The second-order valence-electron chi connectivity index (χ2n) is 4.53. The number of amides is 2. The van der Waals surface area contributed by atoms with Gasteiger partial charge in [0.05, 0.1) is 6.61 Å². The number of anilines is 1. The van der Waals surface area contributed by atoms with Crippen molar-refractivity contribution in [1.29, 1.82) is 0 Å². The molecule has 0 saturated carbocycles. The number of hydrogen-bond acceptors (Lipinski definition) is 2. The topological polar surface area (TPSA) is 50.4 Å². The molecule has 92 valence electrons. The van der Waals surface area contributed by atoms with Crippen molar-refractivity contribution in [2.75, 3.05) is 11.9 Å².